The molecule has 7 heteroatoms. The lowest BCUT2D eigenvalue weighted by Crippen LogP contribution is -2.41. The van der Waals surface area contributed by atoms with Crippen LogP contribution in [0.15, 0.2) is 24.3 Å². The summed E-state index contributed by atoms with van der Waals surface area (Å²) in [4.78, 5) is 21.6. The van der Waals surface area contributed by atoms with E-state index in [4.69, 9.17) is 9.47 Å². The second-order valence-corrected chi connectivity index (χ2v) is 3.66. The number of esters is 1. The maximum atomic E-state index is 11.6. The van der Waals surface area contributed by atoms with Crippen molar-refractivity contribution in [1.82, 2.24) is 5.32 Å². The van der Waals surface area contributed by atoms with E-state index in [1.807, 2.05) is 0 Å². The number of nitro benzene ring substituents is 1. The van der Waals surface area contributed by atoms with E-state index in [2.05, 4.69) is 5.32 Å². The normalized spacial score (nSPS) is 19.2. The molecule has 1 unspecified atom stereocenters. The minimum absolute atomic E-state index is 0.0567. The van der Waals surface area contributed by atoms with Crippen LogP contribution in [0.4, 0.5) is 5.69 Å². The fourth-order valence-corrected chi connectivity index (χ4v) is 1.48. The van der Waals surface area contributed by atoms with Gasteiger partial charge in [-0.3, -0.25) is 10.1 Å². The number of ether oxygens (including phenoxy) is 2. The van der Waals surface area contributed by atoms with Crippen molar-refractivity contribution in [3.8, 4) is 5.75 Å². The Morgan fingerprint density at radius 1 is 1.44 bits per heavy atom. The largest absolute Gasteiger partial charge is 0.425 e. The molecule has 1 aromatic rings. The highest BCUT2D eigenvalue weighted by Crippen LogP contribution is 2.18. The Morgan fingerprint density at radius 2 is 2.17 bits per heavy atom. The average Bonchev–Trinajstić information content (AvgIpc) is 2.40. The highest BCUT2D eigenvalue weighted by atomic mass is 16.6. The van der Waals surface area contributed by atoms with Crippen molar-refractivity contribution in [2.45, 2.75) is 6.10 Å². The molecule has 1 radical (unpaired) electrons. The van der Waals surface area contributed by atoms with Crippen molar-refractivity contribution in [3.05, 3.63) is 34.4 Å². The van der Waals surface area contributed by atoms with E-state index >= 15 is 0 Å². The van der Waals surface area contributed by atoms with Crippen LogP contribution >= 0.6 is 0 Å². The van der Waals surface area contributed by atoms with Crippen molar-refractivity contribution < 1.29 is 19.2 Å². The van der Waals surface area contributed by atoms with Gasteiger partial charge in [-0.2, -0.15) is 0 Å². The fraction of sp³-hybridized carbons (Fsp3) is 0.364. The molecule has 0 bridgehead atoms. The number of non-ortho nitro benzene ring substituents is 1. The summed E-state index contributed by atoms with van der Waals surface area (Å²) in [5, 5.41) is 14.5. The molecule has 1 aliphatic rings. The molecule has 18 heavy (non-hydrogen) atoms. The van der Waals surface area contributed by atoms with Crippen LogP contribution in [0.2, 0.25) is 0 Å². The third-order valence-corrected chi connectivity index (χ3v) is 2.39. The first-order chi connectivity index (χ1) is 8.66. The molecule has 0 amide bonds. The summed E-state index contributed by atoms with van der Waals surface area (Å²) in [5.41, 5.74) is -0.0567. The molecule has 1 atom stereocenters. The van der Waals surface area contributed by atoms with Gasteiger partial charge in [-0.25, -0.2) is 10.1 Å². The Morgan fingerprint density at radius 3 is 2.72 bits per heavy atom. The SMILES string of the molecule is O=C(Oc1ccc([N+](=O)[O-])cc1)C1C[N]CCO1. The standard InChI is InChI=1S/C11H11N2O5/c14-11(10-7-12-5-6-17-10)18-9-3-1-8(2-4-9)13(15)16/h1-4,10H,5-7H2. The monoisotopic (exact) mass is 251 g/mol. The number of hydrogen-bond donors (Lipinski definition) is 0. The van der Waals surface area contributed by atoms with Gasteiger partial charge in [-0.1, -0.05) is 0 Å². The first-order valence-electron chi connectivity index (χ1n) is 5.38. The quantitative estimate of drug-likeness (QED) is 0.337. The van der Waals surface area contributed by atoms with E-state index in [1.54, 1.807) is 0 Å². The number of nitrogens with zero attached hydrogens (tertiary/aromatic N) is 2. The molecule has 1 fully saturated rings. The van der Waals surface area contributed by atoms with Gasteiger partial charge in [-0.15, -0.1) is 0 Å². The van der Waals surface area contributed by atoms with Crippen molar-refractivity contribution >= 4 is 11.7 Å². The third kappa shape index (κ3) is 3.02. The maximum absolute atomic E-state index is 11.6. The van der Waals surface area contributed by atoms with Crippen LogP contribution in [0.3, 0.4) is 0 Å². The van der Waals surface area contributed by atoms with Crippen LogP contribution in [0, 0.1) is 10.1 Å². The van der Waals surface area contributed by atoms with Gasteiger partial charge in [0.05, 0.1) is 18.1 Å². The molecule has 1 saturated heterocycles. The smallest absolute Gasteiger partial charge is 0.342 e. The first kappa shape index (κ1) is 12.5. The average molecular weight is 251 g/mol. The lowest BCUT2D eigenvalue weighted by Gasteiger charge is -2.20. The Hall–Kier alpha value is -1.99. The van der Waals surface area contributed by atoms with Crippen LogP contribution < -0.4 is 10.1 Å². The zero-order chi connectivity index (χ0) is 13.0. The molecule has 0 aliphatic carbocycles. The van der Waals surface area contributed by atoms with Gasteiger partial charge in [0.1, 0.15) is 5.75 Å². The minimum Gasteiger partial charge on any atom is -0.425 e. The van der Waals surface area contributed by atoms with Gasteiger partial charge in [0.15, 0.2) is 6.10 Å². The summed E-state index contributed by atoms with van der Waals surface area (Å²) in [6, 6.07) is 5.29. The molecule has 0 aromatic heterocycles. The van der Waals surface area contributed by atoms with Gasteiger partial charge in [0.2, 0.25) is 0 Å². The van der Waals surface area contributed by atoms with Crippen LogP contribution in [0.25, 0.3) is 0 Å². The molecule has 2 rings (SSSR count). The van der Waals surface area contributed by atoms with E-state index in [0.717, 1.165) is 0 Å². The number of carbonyl (C=O) groups is 1. The van der Waals surface area contributed by atoms with E-state index < -0.39 is 17.0 Å². The van der Waals surface area contributed by atoms with Gasteiger partial charge in [0, 0.05) is 18.7 Å². The Labute approximate surface area is 103 Å². The number of hydrogen-bond acceptors (Lipinski definition) is 5. The second-order valence-electron chi connectivity index (χ2n) is 3.66. The summed E-state index contributed by atoms with van der Waals surface area (Å²) >= 11 is 0. The zero-order valence-electron chi connectivity index (χ0n) is 9.44. The van der Waals surface area contributed by atoms with Crippen LogP contribution in [-0.2, 0) is 9.53 Å². The number of rotatable bonds is 3. The minimum atomic E-state index is -0.686. The number of benzene rings is 1. The highest BCUT2D eigenvalue weighted by Gasteiger charge is 2.24. The van der Waals surface area contributed by atoms with E-state index in [0.29, 0.717) is 13.2 Å². The fourth-order valence-electron chi connectivity index (χ4n) is 1.48. The van der Waals surface area contributed by atoms with Gasteiger partial charge in [-0.05, 0) is 12.1 Å². The first-order valence-corrected chi connectivity index (χ1v) is 5.38. The molecule has 1 aromatic carbocycles. The predicted octanol–water partition coefficient (Wildman–Crippen LogP) is 0.503. The van der Waals surface area contributed by atoms with Gasteiger partial charge >= 0.3 is 5.97 Å². The summed E-state index contributed by atoms with van der Waals surface area (Å²) in [5.74, 6) is -0.285. The summed E-state index contributed by atoms with van der Waals surface area (Å²) < 4.78 is 10.2. The van der Waals surface area contributed by atoms with Crippen molar-refractivity contribution in [3.63, 3.8) is 0 Å². The summed E-state index contributed by atoms with van der Waals surface area (Å²) in [6.45, 7) is 1.27. The lowest BCUT2D eigenvalue weighted by molar-refractivity contribution is -0.384. The molecular weight excluding hydrogens is 240 g/mol. The Bertz CT molecular complexity index is 439. The maximum Gasteiger partial charge on any atom is 0.342 e. The summed E-state index contributed by atoms with van der Waals surface area (Å²) in [6.07, 6.45) is -0.686. The Kier molecular flexibility index (Phi) is 3.85. The molecule has 1 aliphatic heterocycles. The number of carbonyl (C=O) groups excluding carboxylic acids is 1. The highest BCUT2D eigenvalue weighted by molar-refractivity contribution is 5.77. The van der Waals surface area contributed by atoms with Gasteiger partial charge in [0.25, 0.3) is 5.69 Å². The Balaban J connectivity index is 1.96. The lowest BCUT2D eigenvalue weighted by atomic mass is 10.3. The van der Waals surface area contributed by atoms with E-state index in [1.165, 1.54) is 24.3 Å². The molecule has 7 nitrogen and oxygen atoms in total. The predicted molar refractivity (Wildman–Crippen MR) is 60.3 cm³/mol. The van der Waals surface area contributed by atoms with E-state index in [-0.39, 0.29) is 18.0 Å². The molecule has 0 saturated carbocycles. The molecular formula is C11H11N2O5. The van der Waals surface area contributed by atoms with Crippen molar-refractivity contribution in [2.24, 2.45) is 0 Å². The molecule has 0 N–H and O–H groups in total. The molecule has 1 heterocycles. The zero-order valence-corrected chi connectivity index (χ0v) is 9.44. The van der Waals surface area contributed by atoms with Crippen molar-refractivity contribution in [1.29, 1.82) is 0 Å². The van der Waals surface area contributed by atoms with Crippen LogP contribution in [0.5, 0.6) is 5.75 Å². The van der Waals surface area contributed by atoms with Crippen molar-refractivity contribution in [2.75, 3.05) is 19.7 Å². The number of morpholine rings is 1. The summed E-state index contributed by atoms with van der Waals surface area (Å²) in [7, 11) is 0. The van der Waals surface area contributed by atoms with E-state index in [9.17, 15) is 14.9 Å². The van der Waals surface area contributed by atoms with Gasteiger partial charge < -0.3 is 9.47 Å². The second kappa shape index (κ2) is 5.56. The van der Waals surface area contributed by atoms with Crippen LogP contribution in [0.1, 0.15) is 0 Å². The number of nitro groups is 1. The molecule has 0 spiro atoms. The molecule has 95 valence electrons. The topological polar surface area (TPSA) is 92.8 Å². The third-order valence-electron chi connectivity index (χ3n) is 2.39. The van der Waals surface area contributed by atoms with Crippen LogP contribution in [-0.4, -0.2) is 36.7 Å².